The zero-order valence-electron chi connectivity index (χ0n) is 23.7. The highest BCUT2D eigenvalue weighted by Gasteiger charge is 2.42. The van der Waals surface area contributed by atoms with Gasteiger partial charge in [0.25, 0.3) is 0 Å². The first-order chi connectivity index (χ1) is 19.4. The van der Waals surface area contributed by atoms with Gasteiger partial charge in [-0.1, -0.05) is 18.2 Å². The van der Waals surface area contributed by atoms with Gasteiger partial charge in [-0.25, -0.2) is 4.79 Å². The van der Waals surface area contributed by atoms with Crippen molar-refractivity contribution >= 4 is 11.8 Å². The van der Waals surface area contributed by atoms with E-state index in [0.717, 1.165) is 17.7 Å². The Balaban J connectivity index is 1.71. The Labute approximate surface area is 237 Å². The predicted molar refractivity (Wildman–Crippen MR) is 146 cm³/mol. The summed E-state index contributed by atoms with van der Waals surface area (Å²) >= 11 is 0. The van der Waals surface area contributed by atoms with E-state index in [1.54, 1.807) is 20.1 Å². The number of nitrogens with one attached hydrogen (secondary N) is 1. The first-order valence-corrected chi connectivity index (χ1v) is 13.4. The predicted octanol–water partition coefficient (Wildman–Crippen LogP) is 6.05. The van der Waals surface area contributed by atoms with Gasteiger partial charge in [0.15, 0.2) is 17.3 Å². The van der Waals surface area contributed by atoms with Gasteiger partial charge in [0.1, 0.15) is 6.61 Å². The van der Waals surface area contributed by atoms with Crippen LogP contribution in [0.1, 0.15) is 62.1 Å². The molecular weight excluding hydrogens is 539 g/mol. The van der Waals surface area contributed by atoms with Gasteiger partial charge in [0.2, 0.25) is 0 Å². The van der Waals surface area contributed by atoms with Crippen LogP contribution in [0.15, 0.2) is 65.0 Å². The lowest BCUT2D eigenvalue weighted by Gasteiger charge is -2.37. The van der Waals surface area contributed by atoms with Crippen molar-refractivity contribution in [3.8, 4) is 11.5 Å². The number of carbonyl (C=O) groups excluding carboxylic acids is 2. The molecule has 1 heterocycles. The summed E-state index contributed by atoms with van der Waals surface area (Å²) in [6.07, 6.45) is -3.96. The maximum Gasteiger partial charge on any atom is 0.416 e. The number of dihydropyridines is 1. The highest BCUT2D eigenvalue weighted by atomic mass is 19.4. The summed E-state index contributed by atoms with van der Waals surface area (Å²) in [7, 11) is 3.08. The quantitative estimate of drug-likeness (QED) is 0.289. The van der Waals surface area contributed by atoms with Crippen molar-refractivity contribution in [2.24, 2.45) is 0 Å². The molecule has 220 valence electrons. The third-order valence-corrected chi connectivity index (χ3v) is 7.27. The molecule has 0 spiro atoms. The number of methoxy groups -OCH3 is 2. The van der Waals surface area contributed by atoms with Crippen molar-refractivity contribution in [1.82, 2.24) is 5.32 Å². The molecule has 0 saturated carbocycles. The van der Waals surface area contributed by atoms with Gasteiger partial charge in [0, 0.05) is 29.3 Å². The van der Waals surface area contributed by atoms with E-state index in [-0.39, 0.29) is 43.0 Å². The number of ether oxygens (including phenoxy) is 4. The molecule has 10 heteroatoms. The van der Waals surface area contributed by atoms with Crippen LogP contribution in [0.3, 0.4) is 0 Å². The number of esters is 1. The monoisotopic (exact) mass is 573 g/mol. The Hall–Kier alpha value is -3.79. The molecule has 0 fully saturated rings. The zero-order valence-corrected chi connectivity index (χ0v) is 23.7. The molecule has 0 amide bonds. The maximum absolute atomic E-state index is 13.8. The first-order valence-electron chi connectivity index (χ1n) is 13.4. The number of Topliss-reactive ketones (excluding diaryl/α,β-unsaturated/α-hetero) is 1. The Morgan fingerprint density at radius 3 is 2.24 bits per heavy atom. The zero-order chi connectivity index (χ0) is 29.9. The summed E-state index contributed by atoms with van der Waals surface area (Å²) < 4.78 is 61.6. The van der Waals surface area contributed by atoms with E-state index < -0.39 is 23.6 Å². The molecule has 2 aromatic rings. The molecule has 0 saturated heterocycles. The Bertz CT molecular complexity index is 1360. The fraction of sp³-hybridized carbons (Fsp3) is 0.419. The van der Waals surface area contributed by atoms with E-state index in [1.807, 2.05) is 26.0 Å². The van der Waals surface area contributed by atoms with Gasteiger partial charge in [-0.05, 0) is 68.5 Å². The molecule has 2 aromatic carbocycles. The first kappa shape index (κ1) is 30.2. The van der Waals surface area contributed by atoms with Crippen LogP contribution in [0, 0.1) is 0 Å². The van der Waals surface area contributed by atoms with Crippen molar-refractivity contribution in [3.63, 3.8) is 0 Å². The van der Waals surface area contributed by atoms with Crippen molar-refractivity contribution < 1.29 is 41.7 Å². The molecule has 41 heavy (non-hydrogen) atoms. The van der Waals surface area contributed by atoms with Gasteiger partial charge in [0.05, 0.1) is 38.1 Å². The van der Waals surface area contributed by atoms with Crippen LogP contribution >= 0.6 is 0 Å². The number of hydrogen-bond acceptors (Lipinski definition) is 7. The molecule has 2 atom stereocenters. The number of allylic oxidation sites excluding steroid dienone is 3. The molecule has 1 aliphatic carbocycles. The third kappa shape index (κ3) is 6.59. The molecule has 7 nitrogen and oxygen atoms in total. The summed E-state index contributed by atoms with van der Waals surface area (Å²) in [5.41, 5.74) is 2.11. The standard InChI is InChI=1S/C31H34F3NO6/c1-17(2)40-12-13-41-30(37)27-18(3)35-23-14-21(20-8-11-25(38-4)26(16-20)39-5)15-24(36)29(23)28(27)19-6-9-22(10-7-19)31(32,33)34/h6-11,16-17,21,28,35H,12-15H2,1-5H3/t21-,28+/m0/s1. The summed E-state index contributed by atoms with van der Waals surface area (Å²) in [4.78, 5) is 27.1. The van der Waals surface area contributed by atoms with Gasteiger partial charge in [-0.2, -0.15) is 13.2 Å². The highest BCUT2D eigenvalue weighted by molar-refractivity contribution is 6.04. The van der Waals surface area contributed by atoms with Crippen LogP contribution in [0.5, 0.6) is 11.5 Å². The van der Waals surface area contributed by atoms with Gasteiger partial charge in [-0.3, -0.25) is 4.79 Å². The number of benzene rings is 2. The van der Waals surface area contributed by atoms with Crippen molar-refractivity contribution in [2.45, 2.75) is 57.7 Å². The van der Waals surface area contributed by atoms with Crippen molar-refractivity contribution in [2.75, 3.05) is 27.4 Å². The largest absolute Gasteiger partial charge is 0.493 e. The molecule has 1 N–H and O–H groups in total. The van der Waals surface area contributed by atoms with Crippen LogP contribution in [-0.2, 0) is 25.2 Å². The second kappa shape index (κ2) is 12.4. The van der Waals surface area contributed by atoms with E-state index in [0.29, 0.717) is 40.5 Å². The lowest BCUT2D eigenvalue weighted by atomic mass is 9.71. The van der Waals surface area contributed by atoms with Crippen LogP contribution in [0.2, 0.25) is 0 Å². The second-order valence-corrected chi connectivity index (χ2v) is 10.3. The minimum atomic E-state index is -4.52. The number of rotatable bonds is 9. The van der Waals surface area contributed by atoms with Crippen LogP contribution in [0.25, 0.3) is 0 Å². The normalized spacial score (nSPS) is 19.2. The molecule has 0 aromatic heterocycles. The molecular formula is C31H34F3NO6. The van der Waals surface area contributed by atoms with Crippen molar-refractivity contribution in [3.05, 3.63) is 81.7 Å². The fourth-order valence-electron chi connectivity index (χ4n) is 5.35. The van der Waals surface area contributed by atoms with E-state index in [2.05, 4.69) is 5.32 Å². The smallest absolute Gasteiger partial charge is 0.416 e. The average Bonchev–Trinajstić information content (AvgIpc) is 2.93. The number of alkyl halides is 3. The molecule has 0 bridgehead atoms. The highest BCUT2D eigenvalue weighted by Crippen LogP contribution is 2.47. The van der Waals surface area contributed by atoms with Gasteiger partial charge < -0.3 is 24.3 Å². The fourth-order valence-corrected chi connectivity index (χ4v) is 5.35. The number of ketones is 1. The molecule has 0 unspecified atom stereocenters. The lowest BCUT2D eigenvalue weighted by molar-refractivity contribution is -0.141. The Kier molecular flexibility index (Phi) is 9.11. The average molecular weight is 574 g/mol. The SMILES string of the molecule is COc1ccc([C@@H]2CC(=O)C3=C(C2)NC(C)=C(C(=O)OCCOC(C)C)[C@H]3c2ccc(C(F)(F)F)cc2)cc1OC. The summed E-state index contributed by atoms with van der Waals surface area (Å²) in [6.45, 7) is 5.60. The Morgan fingerprint density at radius 1 is 0.976 bits per heavy atom. The van der Waals surface area contributed by atoms with E-state index in [4.69, 9.17) is 18.9 Å². The van der Waals surface area contributed by atoms with E-state index in [1.165, 1.54) is 19.2 Å². The van der Waals surface area contributed by atoms with E-state index in [9.17, 15) is 22.8 Å². The van der Waals surface area contributed by atoms with Crippen molar-refractivity contribution in [1.29, 1.82) is 0 Å². The maximum atomic E-state index is 13.8. The molecule has 4 rings (SSSR count). The number of carbonyl (C=O) groups is 2. The van der Waals surface area contributed by atoms with Gasteiger partial charge >= 0.3 is 12.1 Å². The molecule has 2 aliphatic rings. The minimum Gasteiger partial charge on any atom is -0.493 e. The Morgan fingerprint density at radius 2 is 1.63 bits per heavy atom. The number of halogens is 3. The summed E-state index contributed by atoms with van der Waals surface area (Å²) in [5.74, 6) is -0.823. The summed E-state index contributed by atoms with van der Waals surface area (Å²) in [5, 5.41) is 3.24. The van der Waals surface area contributed by atoms with Crippen LogP contribution in [0.4, 0.5) is 13.2 Å². The van der Waals surface area contributed by atoms with E-state index >= 15 is 0 Å². The topological polar surface area (TPSA) is 83.1 Å². The molecule has 1 aliphatic heterocycles. The number of hydrogen-bond donors (Lipinski definition) is 1. The summed E-state index contributed by atoms with van der Waals surface area (Å²) in [6, 6.07) is 10.1. The molecule has 0 radical (unpaired) electrons. The third-order valence-electron chi connectivity index (χ3n) is 7.27. The van der Waals surface area contributed by atoms with Crippen LogP contribution < -0.4 is 14.8 Å². The lowest BCUT2D eigenvalue weighted by Crippen LogP contribution is -2.36. The minimum absolute atomic E-state index is 0.00521. The second-order valence-electron chi connectivity index (χ2n) is 10.3. The van der Waals surface area contributed by atoms with Gasteiger partial charge in [-0.15, -0.1) is 0 Å². The van der Waals surface area contributed by atoms with Crippen LogP contribution in [-0.4, -0.2) is 45.3 Å².